The predicted octanol–water partition coefficient (Wildman–Crippen LogP) is 3.00. The third kappa shape index (κ3) is 3.31. The molecule has 0 unspecified atom stereocenters. The van der Waals surface area contributed by atoms with Crippen LogP contribution < -0.4 is 9.80 Å². The van der Waals surface area contributed by atoms with Crippen LogP contribution in [-0.4, -0.2) is 50.0 Å². The highest BCUT2D eigenvalue weighted by atomic mass is 35.5. The molecule has 0 aromatic carbocycles. The first-order valence-electron chi connectivity index (χ1n) is 9.15. The van der Waals surface area contributed by atoms with Gasteiger partial charge in [-0.3, -0.25) is 9.88 Å². The zero-order valence-corrected chi connectivity index (χ0v) is 16.5. The number of carbonyl (C=O) groups is 1. The summed E-state index contributed by atoms with van der Waals surface area (Å²) in [5.74, 6) is 1.80. The third-order valence-corrected chi connectivity index (χ3v) is 5.11. The van der Waals surface area contributed by atoms with Gasteiger partial charge in [-0.25, -0.2) is 19.2 Å². The zero-order chi connectivity index (χ0) is 19.3. The van der Waals surface area contributed by atoms with E-state index in [1.807, 2.05) is 30.0 Å². The van der Waals surface area contributed by atoms with Crippen LogP contribution in [0.1, 0.15) is 17.9 Å². The van der Waals surface area contributed by atoms with Crippen molar-refractivity contribution < 1.29 is 9.18 Å². The van der Waals surface area contributed by atoms with Crippen LogP contribution in [0.25, 0.3) is 11.4 Å². The Bertz CT molecular complexity index is 1060. The Morgan fingerprint density at radius 1 is 1.21 bits per heavy atom. The lowest BCUT2D eigenvalue weighted by Gasteiger charge is -2.17. The van der Waals surface area contributed by atoms with Crippen LogP contribution in [0.5, 0.6) is 0 Å². The van der Waals surface area contributed by atoms with Crippen LogP contribution in [-0.2, 0) is 6.54 Å². The Hall–Kier alpha value is -3.07. The SMILES string of the molecule is Cc1nc(N2CC[C@@H](F)C2)ccc1-c1nc2n(n1)C(=O)N(c1cccnc1)C2.Cl. The van der Waals surface area contributed by atoms with Crippen molar-refractivity contribution in [2.45, 2.75) is 26.1 Å². The number of hydrogen-bond acceptors (Lipinski definition) is 6. The number of nitrogens with zero attached hydrogens (tertiary/aromatic N) is 7. The van der Waals surface area contributed by atoms with Crippen LogP contribution in [0.3, 0.4) is 0 Å². The van der Waals surface area contributed by atoms with E-state index in [9.17, 15) is 9.18 Å². The van der Waals surface area contributed by atoms with E-state index in [1.165, 1.54) is 4.68 Å². The summed E-state index contributed by atoms with van der Waals surface area (Å²) in [7, 11) is 0. The van der Waals surface area contributed by atoms with E-state index >= 15 is 0 Å². The van der Waals surface area contributed by atoms with Crippen LogP contribution in [0.2, 0.25) is 0 Å². The molecule has 0 saturated carbocycles. The molecule has 0 radical (unpaired) electrons. The molecule has 3 aromatic heterocycles. The third-order valence-electron chi connectivity index (χ3n) is 5.11. The highest BCUT2D eigenvalue weighted by Crippen LogP contribution is 2.28. The Labute approximate surface area is 172 Å². The summed E-state index contributed by atoms with van der Waals surface area (Å²) in [6.07, 6.45) is 3.04. The highest BCUT2D eigenvalue weighted by Gasteiger charge is 2.32. The number of pyridine rings is 2. The monoisotopic (exact) mass is 415 g/mol. The standard InChI is InChI=1S/C19H18FN7O.ClH/c1-12-15(4-5-16(22-12)25-8-6-13(20)10-25)18-23-17-11-26(19(28)27(17)24-18)14-3-2-7-21-9-14;/h2-5,7,9,13H,6,8,10-11H2,1H3;1H/t13-;/m1./s1. The number of aryl methyl sites for hydroxylation is 1. The number of alkyl halides is 1. The largest absolute Gasteiger partial charge is 0.354 e. The minimum Gasteiger partial charge on any atom is -0.354 e. The molecule has 150 valence electrons. The summed E-state index contributed by atoms with van der Waals surface area (Å²) in [5.41, 5.74) is 2.23. The molecule has 0 N–H and O–H groups in total. The highest BCUT2D eigenvalue weighted by molar-refractivity contribution is 5.95. The lowest BCUT2D eigenvalue weighted by atomic mass is 10.2. The summed E-state index contributed by atoms with van der Waals surface area (Å²) in [6.45, 7) is 3.26. The molecule has 2 aliphatic heterocycles. The quantitative estimate of drug-likeness (QED) is 0.654. The predicted molar refractivity (Wildman–Crippen MR) is 108 cm³/mol. The van der Waals surface area contributed by atoms with E-state index < -0.39 is 6.17 Å². The van der Waals surface area contributed by atoms with Gasteiger partial charge in [0.1, 0.15) is 12.0 Å². The average Bonchev–Trinajstić information content (AvgIpc) is 3.39. The molecule has 0 aliphatic carbocycles. The first-order chi connectivity index (χ1) is 13.6. The van der Waals surface area contributed by atoms with Gasteiger partial charge in [0.2, 0.25) is 0 Å². The van der Waals surface area contributed by atoms with Gasteiger partial charge < -0.3 is 4.90 Å². The fraction of sp³-hybridized carbons (Fsp3) is 0.316. The Kier molecular flexibility index (Phi) is 4.91. The molecule has 1 atom stereocenters. The van der Waals surface area contributed by atoms with Crippen molar-refractivity contribution >= 4 is 29.9 Å². The number of amides is 1. The maximum atomic E-state index is 13.5. The molecule has 5 heterocycles. The van der Waals surface area contributed by atoms with Crippen molar-refractivity contribution in [1.29, 1.82) is 0 Å². The summed E-state index contributed by atoms with van der Waals surface area (Å²) in [6, 6.07) is 7.10. The molecule has 29 heavy (non-hydrogen) atoms. The van der Waals surface area contributed by atoms with Crippen LogP contribution in [0.15, 0.2) is 36.7 Å². The van der Waals surface area contributed by atoms with Crippen molar-refractivity contribution in [3.05, 3.63) is 48.2 Å². The van der Waals surface area contributed by atoms with E-state index in [0.717, 1.165) is 17.1 Å². The molecular formula is C19H19ClFN7O. The first kappa shape index (κ1) is 19.3. The number of hydrogen-bond donors (Lipinski definition) is 0. The fourth-order valence-corrected chi connectivity index (χ4v) is 3.64. The van der Waals surface area contributed by atoms with Crippen LogP contribution >= 0.6 is 12.4 Å². The molecule has 3 aromatic rings. The summed E-state index contributed by atoms with van der Waals surface area (Å²) in [4.78, 5) is 29.4. The summed E-state index contributed by atoms with van der Waals surface area (Å²) < 4.78 is 14.8. The molecule has 1 amide bonds. The summed E-state index contributed by atoms with van der Waals surface area (Å²) in [5, 5.41) is 4.40. The van der Waals surface area contributed by atoms with Gasteiger partial charge in [-0.15, -0.1) is 17.5 Å². The smallest absolute Gasteiger partial charge is 0.351 e. The molecule has 5 rings (SSSR count). The van der Waals surface area contributed by atoms with Crippen molar-refractivity contribution in [3.8, 4) is 11.4 Å². The van der Waals surface area contributed by atoms with E-state index in [0.29, 0.717) is 43.4 Å². The van der Waals surface area contributed by atoms with Gasteiger partial charge in [0.15, 0.2) is 11.6 Å². The molecule has 1 saturated heterocycles. The lowest BCUT2D eigenvalue weighted by Crippen LogP contribution is -2.26. The molecule has 8 nitrogen and oxygen atoms in total. The van der Waals surface area contributed by atoms with Gasteiger partial charge in [-0.05, 0) is 37.6 Å². The van der Waals surface area contributed by atoms with Crippen molar-refractivity contribution in [2.75, 3.05) is 22.9 Å². The second-order valence-electron chi connectivity index (χ2n) is 6.98. The van der Waals surface area contributed by atoms with Gasteiger partial charge in [0.05, 0.1) is 30.7 Å². The van der Waals surface area contributed by atoms with Crippen molar-refractivity contribution in [3.63, 3.8) is 0 Å². The Balaban J connectivity index is 0.00000205. The zero-order valence-electron chi connectivity index (χ0n) is 15.7. The number of aromatic nitrogens is 5. The van der Waals surface area contributed by atoms with Crippen molar-refractivity contribution in [1.82, 2.24) is 24.7 Å². The van der Waals surface area contributed by atoms with E-state index in [4.69, 9.17) is 0 Å². The van der Waals surface area contributed by atoms with Gasteiger partial charge >= 0.3 is 6.03 Å². The van der Waals surface area contributed by atoms with Crippen molar-refractivity contribution in [2.24, 2.45) is 0 Å². The van der Waals surface area contributed by atoms with Crippen LogP contribution in [0, 0.1) is 6.92 Å². The Morgan fingerprint density at radius 2 is 2.07 bits per heavy atom. The van der Waals surface area contributed by atoms with Crippen LogP contribution in [0.4, 0.5) is 20.7 Å². The summed E-state index contributed by atoms with van der Waals surface area (Å²) >= 11 is 0. The molecule has 2 aliphatic rings. The average molecular weight is 416 g/mol. The minimum absolute atomic E-state index is 0. The molecule has 1 fully saturated rings. The van der Waals surface area contributed by atoms with Gasteiger partial charge in [0.25, 0.3) is 0 Å². The number of halogens is 2. The number of fused-ring (bicyclic) bond motifs is 1. The number of anilines is 2. The van der Waals surface area contributed by atoms with Gasteiger partial charge in [-0.2, -0.15) is 4.68 Å². The number of carbonyl (C=O) groups excluding carboxylic acids is 1. The van der Waals surface area contributed by atoms with E-state index in [-0.39, 0.29) is 18.4 Å². The minimum atomic E-state index is -0.798. The molecule has 0 bridgehead atoms. The normalized spacial score (nSPS) is 18.1. The first-order valence-corrected chi connectivity index (χ1v) is 9.15. The maximum absolute atomic E-state index is 13.5. The Morgan fingerprint density at radius 3 is 2.72 bits per heavy atom. The van der Waals surface area contributed by atoms with Gasteiger partial charge in [-0.1, -0.05) is 0 Å². The number of rotatable bonds is 3. The molecule has 0 spiro atoms. The fourth-order valence-electron chi connectivity index (χ4n) is 3.64. The second kappa shape index (κ2) is 7.40. The van der Waals surface area contributed by atoms with Gasteiger partial charge in [0, 0.05) is 18.3 Å². The molecule has 10 heteroatoms. The van der Waals surface area contributed by atoms with E-state index in [1.54, 1.807) is 23.4 Å². The lowest BCUT2D eigenvalue weighted by molar-refractivity contribution is 0.248. The maximum Gasteiger partial charge on any atom is 0.351 e. The topological polar surface area (TPSA) is 80.0 Å². The van der Waals surface area contributed by atoms with E-state index in [2.05, 4.69) is 20.1 Å². The second-order valence-corrected chi connectivity index (χ2v) is 6.98. The molecular weight excluding hydrogens is 397 g/mol.